The molecule has 0 bridgehead atoms. The zero-order chi connectivity index (χ0) is 14.7. The van der Waals surface area contributed by atoms with Crippen LogP contribution in [0.15, 0.2) is 33.7 Å². The largest absolute Gasteiger partial charge is 0.459 e. The normalized spacial score (nSPS) is 15.9. The number of likely N-dealkylation sites (tertiary alicyclic amines) is 1. The number of nitrogens with zero attached hydrogens (tertiary/aromatic N) is 2. The Morgan fingerprint density at radius 3 is 2.76 bits per heavy atom. The maximum Gasteiger partial charge on any atom is 0.194 e. The van der Waals surface area contributed by atoms with Gasteiger partial charge in [-0.2, -0.15) is 0 Å². The fourth-order valence-corrected chi connectivity index (χ4v) is 2.88. The third-order valence-corrected chi connectivity index (χ3v) is 4.06. The van der Waals surface area contributed by atoms with E-state index in [9.17, 15) is 0 Å². The van der Waals surface area contributed by atoms with Gasteiger partial charge in [-0.1, -0.05) is 18.2 Å². The maximum absolute atomic E-state index is 5.94. The first-order valence-electron chi connectivity index (χ1n) is 7.80. The summed E-state index contributed by atoms with van der Waals surface area (Å²) in [6.45, 7) is 7.92. The van der Waals surface area contributed by atoms with Gasteiger partial charge in [0, 0.05) is 30.6 Å². The van der Waals surface area contributed by atoms with Crippen molar-refractivity contribution < 1.29 is 4.42 Å². The number of fused-ring (bicyclic) bond motifs is 1. The van der Waals surface area contributed by atoms with E-state index in [2.05, 4.69) is 30.1 Å². The molecule has 1 aromatic heterocycles. The molecule has 3 rings (SSSR count). The van der Waals surface area contributed by atoms with Crippen molar-refractivity contribution in [3.05, 3.63) is 35.6 Å². The Morgan fingerprint density at radius 1 is 1.29 bits per heavy atom. The second-order valence-electron chi connectivity index (χ2n) is 5.51. The smallest absolute Gasteiger partial charge is 0.194 e. The molecule has 1 fully saturated rings. The molecule has 1 aliphatic rings. The number of benzene rings is 1. The lowest BCUT2D eigenvalue weighted by molar-refractivity contribution is 0.488. The molecule has 0 unspecified atom stereocenters. The molecule has 0 aliphatic carbocycles. The predicted octanol–water partition coefficient (Wildman–Crippen LogP) is 3.30. The fraction of sp³-hybridized carbons (Fsp3) is 0.471. The Labute approximate surface area is 125 Å². The Balaban J connectivity index is 1.82. The van der Waals surface area contributed by atoms with Gasteiger partial charge >= 0.3 is 0 Å². The first kappa shape index (κ1) is 14.0. The Morgan fingerprint density at radius 2 is 2.05 bits per heavy atom. The van der Waals surface area contributed by atoms with Crippen LogP contribution in [-0.2, 0) is 6.54 Å². The Bertz CT molecular complexity index is 639. The summed E-state index contributed by atoms with van der Waals surface area (Å²) in [4.78, 5) is 7.09. The molecule has 1 aromatic carbocycles. The fourth-order valence-electron chi connectivity index (χ4n) is 2.88. The second kappa shape index (κ2) is 6.20. The molecule has 21 heavy (non-hydrogen) atoms. The highest BCUT2D eigenvalue weighted by molar-refractivity contribution is 5.82. The van der Waals surface area contributed by atoms with Gasteiger partial charge in [0.05, 0.1) is 0 Å². The van der Waals surface area contributed by atoms with E-state index in [4.69, 9.17) is 9.41 Å². The van der Waals surface area contributed by atoms with Crippen LogP contribution < -0.4 is 5.32 Å². The lowest BCUT2D eigenvalue weighted by Crippen LogP contribution is -2.39. The van der Waals surface area contributed by atoms with E-state index in [-0.39, 0.29) is 0 Å². The van der Waals surface area contributed by atoms with Crippen LogP contribution in [0.2, 0.25) is 0 Å². The van der Waals surface area contributed by atoms with Gasteiger partial charge in [-0.3, -0.25) is 0 Å². The molecule has 112 valence electrons. The summed E-state index contributed by atoms with van der Waals surface area (Å²) >= 11 is 0. The molecule has 0 spiro atoms. The van der Waals surface area contributed by atoms with Crippen LogP contribution in [-0.4, -0.2) is 30.5 Å². The first-order valence-corrected chi connectivity index (χ1v) is 7.80. The minimum atomic E-state index is 0.597. The average Bonchev–Trinajstić information content (AvgIpc) is 3.13. The number of rotatable bonds is 3. The number of aliphatic imine (C=N–C) groups is 1. The highest BCUT2D eigenvalue weighted by Crippen LogP contribution is 2.25. The molecule has 1 saturated heterocycles. The van der Waals surface area contributed by atoms with Crippen molar-refractivity contribution in [1.82, 2.24) is 10.2 Å². The quantitative estimate of drug-likeness (QED) is 0.695. The number of nitrogens with one attached hydrogen (secondary N) is 1. The van der Waals surface area contributed by atoms with Crippen LogP contribution in [0.4, 0.5) is 0 Å². The van der Waals surface area contributed by atoms with E-state index >= 15 is 0 Å². The van der Waals surface area contributed by atoms with Gasteiger partial charge in [-0.25, -0.2) is 4.99 Å². The minimum absolute atomic E-state index is 0.597. The zero-order valence-corrected chi connectivity index (χ0v) is 12.9. The number of hydrogen-bond donors (Lipinski definition) is 1. The molecule has 4 heteroatoms. The molecule has 0 radical (unpaired) electrons. The van der Waals surface area contributed by atoms with Crippen LogP contribution in [0.5, 0.6) is 0 Å². The minimum Gasteiger partial charge on any atom is -0.459 e. The van der Waals surface area contributed by atoms with Crippen molar-refractivity contribution in [3.8, 4) is 0 Å². The molecule has 1 N–H and O–H groups in total. The second-order valence-corrected chi connectivity index (χ2v) is 5.51. The van der Waals surface area contributed by atoms with Crippen molar-refractivity contribution in [2.24, 2.45) is 4.99 Å². The topological polar surface area (TPSA) is 40.8 Å². The van der Waals surface area contributed by atoms with Gasteiger partial charge in [0.1, 0.15) is 17.9 Å². The molecule has 1 aliphatic heterocycles. The third kappa shape index (κ3) is 2.89. The average molecular weight is 285 g/mol. The highest BCUT2D eigenvalue weighted by atomic mass is 16.3. The lowest BCUT2D eigenvalue weighted by atomic mass is 10.1. The van der Waals surface area contributed by atoms with Crippen LogP contribution in [0.1, 0.15) is 31.1 Å². The van der Waals surface area contributed by atoms with Crippen molar-refractivity contribution in [1.29, 1.82) is 0 Å². The monoisotopic (exact) mass is 285 g/mol. The number of para-hydroxylation sites is 1. The summed E-state index contributed by atoms with van der Waals surface area (Å²) in [7, 11) is 0. The van der Waals surface area contributed by atoms with Crippen LogP contribution in [0.3, 0.4) is 0 Å². The molecule has 0 atom stereocenters. The van der Waals surface area contributed by atoms with Crippen molar-refractivity contribution in [2.45, 2.75) is 33.2 Å². The van der Waals surface area contributed by atoms with Gasteiger partial charge < -0.3 is 14.6 Å². The van der Waals surface area contributed by atoms with Crippen molar-refractivity contribution in [2.75, 3.05) is 19.6 Å². The lowest BCUT2D eigenvalue weighted by Gasteiger charge is -2.20. The van der Waals surface area contributed by atoms with Gasteiger partial charge in [-0.05, 0) is 32.8 Å². The summed E-state index contributed by atoms with van der Waals surface area (Å²) in [6, 6.07) is 8.17. The summed E-state index contributed by atoms with van der Waals surface area (Å²) in [5.74, 6) is 1.97. The van der Waals surface area contributed by atoms with E-state index in [1.807, 2.05) is 18.2 Å². The third-order valence-electron chi connectivity index (χ3n) is 4.06. The first-order chi connectivity index (χ1) is 10.3. The van der Waals surface area contributed by atoms with Crippen LogP contribution in [0.25, 0.3) is 11.0 Å². The number of hydrogen-bond acceptors (Lipinski definition) is 2. The number of aryl methyl sites for hydroxylation is 1. The van der Waals surface area contributed by atoms with Crippen molar-refractivity contribution >= 4 is 16.9 Å². The number of guanidine groups is 1. The summed E-state index contributed by atoms with van der Waals surface area (Å²) in [5.41, 5.74) is 2.15. The molecular weight excluding hydrogens is 262 g/mol. The molecule has 0 amide bonds. The number of furan rings is 1. The predicted molar refractivity (Wildman–Crippen MR) is 86.6 cm³/mol. The van der Waals surface area contributed by atoms with Gasteiger partial charge in [-0.15, -0.1) is 0 Å². The SMILES string of the molecule is CCNC(=NCc1oc2ccccc2c1C)N1CCCC1. The van der Waals surface area contributed by atoms with E-state index in [0.717, 1.165) is 36.9 Å². The molecule has 0 saturated carbocycles. The van der Waals surface area contributed by atoms with Gasteiger partial charge in [0.25, 0.3) is 0 Å². The Kier molecular flexibility index (Phi) is 4.13. The van der Waals surface area contributed by atoms with Gasteiger partial charge in [0.15, 0.2) is 5.96 Å². The summed E-state index contributed by atoms with van der Waals surface area (Å²) < 4.78 is 5.94. The summed E-state index contributed by atoms with van der Waals surface area (Å²) in [6.07, 6.45) is 2.52. The molecule has 2 aromatic rings. The highest BCUT2D eigenvalue weighted by Gasteiger charge is 2.16. The van der Waals surface area contributed by atoms with Gasteiger partial charge in [0.2, 0.25) is 0 Å². The summed E-state index contributed by atoms with van der Waals surface area (Å²) in [5, 5.41) is 4.57. The molecular formula is C17H23N3O. The molecule has 2 heterocycles. The Hall–Kier alpha value is -1.97. The van der Waals surface area contributed by atoms with E-state index in [0.29, 0.717) is 6.54 Å². The van der Waals surface area contributed by atoms with E-state index in [1.165, 1.54) is 23.8 Å². The zero-order valence-electron chi connectivity index (χ0n) is 12.9. The van der Waals surface area contributed by atoms with E-state index < -0.39 is 0 Å². The van der Waals surface area contributed by atoms with Crippen molar-refractivity contribution in [3.63, 3.8) is 0 Å². The van der Waals surface area contributed by atoms with Crippen LogP contribution in [0, 0.1) is 6.92 Å². The maximum atomic E-state index is 5.94. The molecule has 4 nitrogen and oxygen atoms in total. The van der Waals surface area contributed by atoms with Crippen LogP contribution >= 0.6 is 0 Å². The van der Waals surface area contributed by atoms with E-state index in [1.54, 1.807) is 0 Å². The standard InChI is InChI=1S/C17H23N3O/c1-3-18-17(20-10-6-7-11-20)19-12-16-13(2)14-8-4-5-9-15(14)21-16/h4-5,8-9H,3,6-7,10-12H2,1-2H3,(H,18,19).